The molecule has 0 radical (unpaired) electrons. The van der Waals surface area contributed by atoms with E-state index in [2.05, 4.69) is 57.4 Å². The van der Waals surface area contributed by atoms with E-state index in [0.717, 1.165) is 30.7 Å². The zero-order valence-electron chi connectivity index (χ0n) is 15.1. The molecule has 0 N–H and O–H groups in total. The molecule has 1 aromatic carbocycles. The number of hydrogen-bond donors (Lipinski definition) is 0. The Bertz CT molecular complexity index is 1040. The third-order valence-electron chi connectivity index (χ3n) is 5.49. The average molecular weight is 382 g/mol. The van der Waals surface area contributed by atoms with Crippen LogP contribution in [0.1, 0.15) is 29.7 Å². The number of imidazole rings is 1. The van der Waals surface area contributed by atoms with Crippen molar-refractivity contribution in [1.29, 1.82) is 0 Å². The fourth-order valence-electron chi connectivity index (χ4n) is 3.96. The van der Waals surface area contributed by atoms with E-state index in [0.29, 0.717) is 29.5 Å². The van der Waals surface area contributed by atoms with Crippen molar-refractivity contribution in [3.8, 4) is 6.01 Å². The van der Waals surface area contributed by atoms with E-state index < -0.39 is 0 Å². The minimum atomic E-state index is 0.291. The first-order valence-corrected chi connectivity index (χ1v) is 9.61. The summed E-state index contributed by atoms with van der Waals surface area (Å²) in [6.07, 6.45) is 7.25. The van der Waals surface area contributed by atoms with Crippen molar-refractivity contribution >= 4 is 22.8 Å². The predicted molar refractivity (Wildman–Crippen MR) is 104 cm³/mol. The monoisotopic (exact) mass is 381 g/mol. The zero-order chi connectivity index (χ0) is 18.4. The number of nitrogens with zero attached hydrogens (tertiary/aromatic N) is 5. The molecule has 1 saturated heterocycles. The predicted octanol–water partition coefficient (Wildman–Crippen LogP) is 3.24. The minimum Gasteiger partial charge on any atom is -0.461 e. The number of likely N-dealkylation sites (N-methyl/N-ethyl adjacent to an activating group) is 1. The molecule has 0 amide bonds. The highest BCUT2D eigenvalue weighted by atomic mass is 35.5. The number of benzene rings is 1. The Morgan fingerprint density at radius 3 is 3.04 bits per heavy atom. The Kier molecular flexibility index (Phi) is 4.10. The second kappa shape index (κ2) is 6.62. The molecule has 1 aliphatic heterocycles. The summed E-state index contributed by atoms with van der Waals surface area (Å²) in [6.45, 7) is 1.67. The van der Waals surface area contributed by atoms with E-state index in [-0.39, 0.29) is 0 Å². The van der Waals surface area contributed by atoms with Crippen LogP contribution in [-0.2, 0) is 6.42 Å². The van der Waals surface area contributed by atoms with E-state index in [1.807, 2.05) is 0 Å². The molecule has 1 fully saturated rings. The molecule has 1 aliphatic carbocycles. The lowest BCUT2D eigenvalue weighted by Crippen LogP contribution is -2.31. The molecule has 7 heteroatoms. The molecule has 0 unspecified atom stereocenters. The third-order valence-corrected chi connectivity index (χ3v) is 5.74. The van der Waals surface area contributed by atoms with Crippen LogP contribution in [0, 0.1) is 0 Å². The van der Waals surface area contributed by atoms with Gasteiger partial charge in [0.25, 0.3) is 0 Å². The number of hydrogen-bond acceptors (Lipinski definition) is 5. The molecule has 0 saturated carbocycles. The summed E-state index contributed by atoms with van der Waals surface area (Å²) in [6, 6.07) is 9.08. The second-order valence-corrected chi connectivity index (χ2v) is 7.49. The van der Waals surface area contributed by atoms with Crippen LogP contribution >= 0.6 is 11.6 Å². The van der Waals surface area contributed by atoms with Crippen LogP contribution in [0.5, 0.6) is 6.01 Å². The van der Waals surface area contributed by atoms with Crippen LogP contribution in [0.3, 0.4) is 0 Å². The Morgan fingerprint density at radius 2 is 2.19 bits per heavy atom. The number of ether oxygens (including phenoxy) is 1. The zero-order valence-corrected chi connectivity index (χ0v) is 15.9. The van der Waals surface area contributed by atoms with Gasteiger partial charge < -0.3 is 9.64 Å². The fourth-order valence-corrected chi connectivity index (χ4v) is 4.16. The molecular formula is C20H20ClN5O. The first-order chi connectivity index (χ1) is 13.2. The number of rotatable bonds is 4. The van der Waals surface area contributed by atoms with Gasteiger partial charge in [0.2, 0.25) is 0 Å². The first-order valence-electron chi connectivity index (χ1n) is 9.24. The Balaban J connectivity index is 1.49. The topological polar surface area (TPSA) is 55.5 Å². The molecule has 5 rings (SSSR count). The highest BCUT2D eigenvalue weighted by Crippen LogP contribution is 2.33. The van der Waals surface area contributed by atoms with Gasteiger partial charge in [-0.2, -0.15) is 4.98 Å². The van der Waals surface area contributed by atoms with Gasteiger partial charge in [-0.3, -0.25) is 0 Å². The minimum absolute atomic E-state index is 0.291. The normalized spacial score (nSPS) is 19.5. The van der Waals surface area contributed by atoms with Crippen molar-refractivity contribution in [2.24, 2.45) is 0 Å². The van der Waals surface area contributed by atoms with Crippen LogP contribution in [-0.4, -0.2) is 50.7 Å². The number of aromatic nitrogens is 4. The van der Waals surface area contributed by atoms with E-state index in [9.17, 15) is 0 Å². The van der Waals surface area contributed by atoms with Gasteiger partial charge in [-0.25, -0.2) is 9.50 Å². The van der Waals surface area contributed by atoms with Crippen molar-refractivity contribution < 1.29 is 4.74 Å². The first kappa shape index (κ1) is 16.7. The van der Waals surface area contributed by atoms with E-state index in [1.54, 1.807) is 10.7 Å². The van der Waals surface area contributed by atoms with Gasteiger partial charge in [0.05, 0.1) is 11.9 Å². The van der Waals surface area contributed by atoms with Gasteiger partial charge in [0, 0.05) is 11.6 Å². The van der Waals surface area contributed by atoms with E-state index in [4.69, 9.17) is 16.3 Å². The average Bonchev–Trinajstić information content (AvgIpc) is 3.38. The summed E-state index contributed by atoms with van der Waals surface area (Å²) in [4.78, 5) is 11.0. The van der Waals surface area contributed by atoms with Crippen molar-refractivity contribution in [2.45, 2.75) is 25.3 Å². The van der Waals surface area contributed by atoms with Gasteiger partial charge in [0.1, 0.15) is 6.61 Å². The maximum Gasteiger partial charge on any atom is 0.335 e. The second-order valence-electron chi connectivity index (χ2n) is 7.13. The Hall–Kier alpha value is -2.44. The highest BCUT2D eigenvalue weighted by molar-refractivity contribution is 6.32. The molecule has 6 nitrogen and oxygen atoms in total. The van der Waals surface area contributed by atoms with Crippen LogP contribution in [0.15, 0.2) is 36.5 Å². The molecule has 2 aromatic heterocycles. The summed E-state index contributed by atoms with van der Waals surface area (Å²) in [5, 5.41) is 4.88. The van der Waals surface area contributed by atoms with Gasteiger partial charge in [0.15, 0.2) is 10.8 Å². The van der Waals surface area contributed by atoms with Gasteiger partial charge in [-0.15, -0.1) is 5.10 Å². The van der Waals surface area contributed by atoms with Crippen LogP contribution < -0.4 is 4.74 Å². The molecular weight excluding hydrogens is 362 g/mol. The maximum absolute atomic E-state index is 6.36. The Labute approximate surface area is 162 Å². The third kappa shape index (κ3) is 2.89. The molecule has 1 atom stereocenters. The summed E-state index contributed by atoms with van der Waals surface area (Å²) >= 11 is 6.36. The summed E-state index contributed by atoms with van der Waals surface area (Å²) in [7, 11) is 2.12. The van der Waals surface area contributed by atoms with Crippen molar-refractivity contribution in [3.05, 3.63) is 58.5 Å². The molecule has 2 aliphatic rings. The summed E-state index contributed by atoms with van der Waals surface area (Å²) < 4.78 is 7.64. The van der Waals surface area contributed by atoms with Crippen LogP contribution in [0.25, 0.3) is 11.2 Å². The van der Waals surface area contributed by atoms with Gasteiger partial charge in [-0.05, 0) is 44.0 Å². The van der Waals surface area contributed by atoms with Crippen molar-refractivity contribution in [3.63, 3.8) is 0 Å². The van der Waals surface area contributed by atoms with E-state index in [1.165, 1.54) is 17.5 Å². The molecule has 27 heavy (non-hydrogen) atoms. The number of halogens is 1. The lowest BCUT2D eigenvalue weighted by molar-refractivity contribution is 0.186. The van der Waals surface area contributed by atoms with Crippen LogP contribution in [0.2, 0.25) is 5.15 Å². The molecule has 138 valence electrons. The summed E-state index contributed by atoms with van der Waals surface area (Å²) in [5.41, 5.74) is 5.09. The van der Waals surface area contributed by atoms with E-state index >= 15 is 0 Å². The number of fused-ring (bicyclic) bond motifs is 2. The highest BCUT2D eigenvalue weighted by Gasteiger charge is 2.23. The van der Waals surface area contributed by atoms with Gasteiger partial charge >= 0.3 is 6.01 Å². The SMILES string of the molecule is CN1CCC[C@H]1COc1nc(Cl)c2ncc(C3=CCc4ccccc43)n2n1. The Morgan fingerprint density at radius 1 is 1.30 bits per heavy atom. The lowest BCUT2D eigenvalue weighted by atomic mass is 10.0. The molecule has 3 aromatic rings. The van der Waals surface area contributed by atoms with Crippen molar-refractivity contribution in [1.82, 2.24) is 24.5 Å². The van der Waals surface area contributed by atoms with Crippen molar-refractivity contribution in [2.75, 3.05) is 20.2 Å². The van der Waals surface area contributed by atoms with Crippen LogP contribution in [0.4, 0.5) is 0 Å². The smallest absolute Gasteiger partial charge is 0.335 e. The quantitative estimate of drug-likeness (QED) is 0.694. The lowest BCUT2D eigenvalue weighted by Gasteiger charge is -2.18. The molecule has 0 bridgehead atoms. The molecule has 0 spiro atoms. The number of allylic oxidation sites excluding steroid dienone is 1. The fraction of sp³-hybridized carbons (Fsp3) is 0.350. The standard InChI is InChI=1S/C20H20ClN5O/c1-25-10-4-6-14(25)12-27-20-23-18(21)19-22-11-17(26(19)24-20)16-9-8-13-5-2-3-7-15(13)16/h2-3,5,7,9,11,14H,4,6,8,10,12H2,1H3/t14-/m0/s1. The summed E-state index contributed by atoms with van der Waals surface area (Å²) in [5.74, 6) is 0. The van der Waals surface area contributed by atoms with Gasteiger partial charge in [-0.1, -0.05) is 41.9 Å². The number of likely N-dealkylation sites (tertiary alicyclic amines) is 1. The molecule has 3 heterocycles. The largest absolute Gasteiger partial charge is 0.461 e. The maximum atomic E-state index is 6.36.